The SMILES string of the molecule is C#CC(CCC)NCc1ccc(C(=O)O)cn1. The zero-order valence-electron chi connectivity index (χ0n) is 9.81. The molecule has 2 N–H and O–H groups in total. The van der Waals surface area contributed by atoms with Crippen molar-refractivity contribution in [1.82, 2.24) is 10.3 Å². The van der Waals surface area contributed by atoms with Gasteiger partial charge in [0.05, 0.1) is 17.3 Å². The van der Waals surface area contributed by atoms with E-state index in [1.165, 1.54) is 12.3 Å². The number of hydrogen-bond acceptors (Lipinski definition) is 3. The summed E-state index contributed by atoms with van der Waals surface area (Å²) in [6.45, 7) is 2.63. The van der Waals surface area contributed by atoms with E-state index in [1.807, 2.05) is 0 Å². The molecule has 0 radical (unpaired) electrons. The van der Waals surface area contributed by atoms with Gasteiger partial charge in [0, 0.05) is 12.7 Å². The maximum Gasteiger partial charge on any atom is 0.337 e. The van der Waals surface area contributed by atoms with Gasteiger partial charge in [0.15, 0.2) is 0 Å². The first-order valence-corrected chi connectivity index (χ1v) is 5.55. The van der Waals surface area contributed by atoms with E-state index in [2.05, 4.69) is 23.1 Å². The number of terminal acetylenes is 1. The minimum atomic E-state index is -0.968. The number of carboxylic acid groups (broad SMARTS) is 1. The van der Waals surface area contributed by atoms with Gasteiger partial charge in [-0.15, -0.1) is 6.42 Å². The highest BCUT2D eigenvalue weighted by molar-refractivity contribution is 5.87. The van der Waals surface area contributed by atoms with Gasteiger partial charge in [0.25, 0.3) is 0 Å². The van der Waals surface area contributed by atoms with Gasteiger partial charge in [-0.25, -0.2) is 4.79 Å². The van der Waals surface area contributed by atoms with Gasteiger partial charge in [0.2, 0.25) is 0 Å². The summed E-state index contributed by atoms with van der Waals surface area (Å²) in [4.78, 5) is 14.7. The van der Waals surface area contributed by atoms with Crippen molar-refractivity contribution in [3.63, 3.8) is 0 Å². The molecule has 1 unspecified atom stereocenters. The summed E-state index contributed by atoms with van der Waals surface area (Å²) in [5.41, 5.74) is 0.974. The van der Waals surface area contributed by atoms with Crippen molar-refractivity contribution in [1.29, 1.82) is 0 Å². The Labute approximate surface area is 101 Å². The number of carbonyl (C=O) groups is 1. The van der Waals surface area contributed by atoms with Crippen molar-refractivity contribution in [3.05, 3.63) is 29.6 Å². The Hall–Kier alpha value is -1.86. The van der Waals surface area contributed by atoms with E-state index in [1.54, 1.807) is 6.07 Å². The van der Waals surface area contributed by atoms with Crippen LogP contribution in [0.5, 0.6) is 0 Å². The third-order valence-corrected chi connectivity index (χ3v) is 2.38. The van der Waals surface area contributed by atoms with Crippen LogP contribution in [0.15, 0.2) is 18.3 Å². The highest BCUT2D eigenvalue weighted by Gasteiger charge is 2.05. The molecule has 0 saturated heterocycles. The molecule has 1 rings (SSSR count). The van der Waals surface area contributed by atoms with Crippen molar-refractivity contribution in [2.24, 2.45) is 0 Å². The van der Waals surface area contributed by atoms with E-state index in [4.69, 9.17) is 11.5 Å². The highest BCUT2D eigenvalue weighted by Crippen LogP contribution is 2.02. The van der Waals surface area contributed by atoms with Crippen LogP contribution in [0, 0.1) is 12.3 Å². The summed E-state index contributed by atoms with van der Waals surface area (Å²) in [6, 6.07) is 3.27. The number of carboxylic acids is 1. The van der Waals surface area contributed by atoms with E-state index >= 15 is 0 Å². The van der Waals surface area contributed by atoms with Gasteiger partial charge < -0.3 is 5.11 Å². The third kappa shape index (κ3) is 4.25. The van der Waals surface area contributed by atoms with Crippen LogP contribution in [0.1, 0.15) is 35.8 Å². The fourth-order valence-electron chi connectivity index (χ4n) is 1.42. The van der Waals surface area contributed by atoms with E-state index in [-0.39, 0.29) is 11.6 Å². The largest absolute Gasteiger partial charge is 0.478 e. The Morgan fingerprint density at radius 3 is 2.88 bits per heavy atom. The molecule has 17 heavy (non-hydrogen) atoms. The number of nitrogens with zero attached hydrogens (tertiary/aromatic N) is 1. The zero-order valence-corrected chi connectivity index (χ0v) is 9.81. The molecule has 1 aromatic rings. The minimum absolute atomic E-state index is 0.0425. The summed E-state index contributed by atoms with van der Waals surface area (Å²) >= 11 is 0. The van der Waals surface area contributed by atoms with Crippen LogP contribution in [-0.4, -0.2) is 22.1 Å². The Kier molecular flexibility index (Phi) is 5.18. The number of aromatic carboxylic acids is 1. The van der Waals surface area contributed by atoms with E-state index < -0.39 is 5.97 Å². The molecule has 0 spiro atoms. The van der Waals surface area contributed by atoms with Crippen LogP contribution >= 0.6 is 0 Å². The quantitative estimate of drug-likeness (QED) is 0.732. The van der Waals surface area contributed by atoms with Gasteiger partial charge in [0.1, 0.15) is 0 Å². The van der Waals surface area contributed by atoms with Gasteiger partial charge in [-0.05, 0) is 18.6 Å². The number of pyridine rings is 1. The predicted molar refractivity (Wildman–Crippen MR) is 65.6 cm³/mol. The molecule has 4 nitrogen and oxygen atoms in total. The average molecular weight is 232 g/mol. The average Bonchev–Trinajstić information content (AvgIpc) is 2.35. The topological polar surface area (TPSA) is 62.2 Å². The molecule has 0 bridgehead atoms. The van der Waals surface area contributed by atoms with Crippen LogP contribution in [-0.2, 0) is 6.54 Å². The first-order valence-electron chi connectivity index (χ1n) is 5.55. The third-order valence-electron chi connectivity index (χ3n) is 2.38. The number of rotatable bonds is 6. The second-order valence-corrected chi connectivity index (χ2v) is 3.73. The molecule has 0 saturated carbocycles. The van der Waals surface area contributed by atoms with Crippen molar-refractivity contribution in [2.45, 2.75) is 32.4 Å². The number of hydrogen-bond donors (Lipinski definition) is 2. The predicted octanol–water partition coefficient (Wildman–Crippen LogP) is 1.67. The molecule has 0 aromatic carbocycles. The van der Waals surface area contributed by atoms with E-state index in [9.17, 15) is 4.79 Å². The molecule has 1 aromatic heterocycles. The Balaban J connectivity index is 2.52. The molecule has 90 valence electrons. The first kappa shape index (κ1) is 13.2. The van der Waals surface area contributed by atoms with Crippen LogP contribution < -0.4 is 5.32 Å². The van der Waals surface area contributed by atoms with Crippen molar-refractivity contribution in [3.8, 4) is 12.3 Å². The molecule has 0 fully saturated rings. The highest BCUT2D eigenvalue weighted by atomic mass is 16.4. The van der Waals surface area contributed by atoms with Gasteiger partial charge >= 0.3 is 5.97 Å². The molecular formula is C13H16N2O2. The van der Waals surface area contributed by atoms with Crippen LogP contribution in [0.4, 0.5) is 0 Å². The standard InChI is InChI=1S/C13H16N2O2/c1-3-5-11(4-2)15-9-12-7-6-10(8-14-12)13(16)17/h2,6-8,11,15H,3,5,9H2,1H3,(H,16,17). The zero-order chi connectivity index (χ0) is 12.7. The lowest BCUT2D eigenvalue weighted by Gasteiger charge is -2.11. The molecule has 0 aliphatic rings. The van der Waals surface area contributed by atoms with E-state index in [0.29, 0.717) is 6.54 Å². The number of nitrogens with one attached hydrogen (secondary N) is 1. The molecular weight excluding hydrogens is 216 g/mol. The van der Waals surface area contributed by atoms with Crippen LogP contribution in [0.2, 0.25) is 0 Å². The second-order valence-electron chi connectivity index (χ2n) is 3.73. The van der Waals surface area contributed by atoms with Crippen molar-refractivity contribution in [2.75, 3.05) is 0 Å². The van der Waals surface area contributed by atoms with Crippen molar-refractivity contribution < 1.29 is 9.90 Å². The summed E-state index contributed by atoms with van der Waals surface area (Å²) in [5, 5.41) is 11.9. The molecule has 1 atom stereocenters. The van der Waals surface area contributed by atoms with Gasteiger partial charge in [-0.1, -0.05) is 19.3 Å². The maximum atomic E-state index is 10.6. The lowest BCUT2D eigenvalue weighted by Crippen LogP contribution is -2.27. The Morgan fingerprint density at radius 2 is 2.41 bits per heavy atom. The molecule has 0 amide bonds. The fourth-order valence-corrected chi connectivity index (χ4v) is 1.42. The molecule has 1 heterocycles. The van der Waals surface area contributed by atoms with Crippen LogP contribution in [0.3, 0.4) is 0 Å². The lowest BCUT2D eigenvalue weighted by molar-refractivity contribution is 0.0696. The van der Waals surface area contributed by atoms with Crippen LogP contribution in [0.25, 0.3) is 0 Å². The van der Waals surface area contributed by atoms with Crippen molar-refractivity contribution >= 4 is 5.97 Å². The molecule has 4 heteroatoms. The summed E-state index contributed by atoms with van der Waals surface area (Å²) in [5.74, 6) is 1.70. The summed E-state index contributed by atoms with van der Waals surface area (Å²) < 4.78 is 0. The minimum Gasteiger partial charge on any atom is -0.478 e. The normalized spacial score (nSPS) is 11.8. The smallest absolute Gasteiger partial charge is 0.337 e. The summed E-state index contributed by atoms with van der Waals surface area (Å²) in [6.07, 6.45) is 8.67. The Bertz CT molecular complexity index is 406. The lowest BCUT2D eigenvalue weighted by atomic mass is 10.2. The Morgan fingerprint density at radius 1 is 1.65 bits per heavy atom. The fraction of sp³-hybridized carbons (Fsp3) is 0.385. The first-order chi connectivity index (χ1) is 8.17. The summed E-state index contributed by atoms with van der Waals surface area (Å²) in [7, 11) is 0. The molecule has 0 aliphatic carbocycles. The second kappa shape index (κ2) is 6.66. The number of aromatic nitrogens is 1. The van der Waals surface area contributed by atoms with Gasteiger partial charge in [-0.2, -0.15) is 0 Å². The monoisotopic (exact) mass is 232 g/mol. The maximum absolute atomic E-state index is 10.6. The van der Waals surface area contributed by atoms with Gasteiger partial charge in [-0.3, -0.25) is 10.3 Å². The van der Waals surface area contributed by atoms with E-state index in [0.717, 1.165) is 18.5 Å². The molecule has 0 aliphatic heterocycles.